The van der Waals surface area contributed by atoms with Gasteiger partial charge in [0.15, 0.2) is 0 Å². The number of amides is 1. The molecule has 0 spiro atoms. The van der Waals surface area contributed by atoms with Gasteiger partial charge in [0, 0.05) is 12.5 Å². The number of hydrogen-bond donors (Lipinski definition) is 2. The fourth-order valence-corrected chi connectivity index (χ4v) is 3.07. The third-order valence-electron chi connectivity index (χ3n) is 4.29. The van der Waals surface area contributed by atoms with Crippen LogP contribution in [0.5, 0.6) is 0 Å². The van der Waals surface area contributed by atoms with Crippen molar-refractivity contribution in [2.24, 2.45) is 11.7 Å². The fraction of sp³-hybridized carbons (Fsp3) is 0.562. The molecule has 1 amide bonds. The zero-order valence-electron chi connectivity index (χ0n) is 12.3. The van der Waals surface area contributed by atoms with Crippen molar-refractivity contribution in [3.05, 3.63) is 35.9 Å². The van der Waals surface area contributed by atoms with Crippen molar-refractivity contribution in [2.75, 3.05) is 6.54 Å². The zero-order chi connectivity index (χ0) is 16.2. The summed E-state index contributed by atoms with van der Waals surface area (Å²) in [6.07, 6.45) is -2.37. The van der Waals surface area contributed by atoms with Crippen molar-refractivity contribution < 1.29 is 18.0 Å². The van der Waals surface area contributed by atoms with Crippen molar-refractivity contribution in [3.63, 3.8) is 0 Å². The van der Waals surface area contributed by atoms with Gasteiger partial charge in [-0.3, -0.25) is 4.79 Å². The monoisotopic (exact) mass is 314 g/mol. The minimum absolute atomic E-state index is 0.0952. The lowest BCUT2D eigenvalue weighted by Gasteiger charge is -2.23. The quantitative estimate of drug-likeness (QED) is 0.878. The fourth-order valence-electron chi connectivity index (χ4n) is 3.07. The SMILES string of the molecule is NCC1CCCC1NC(=O)CC(c1ccccc1)C(F)(F)F. The van der Waals surface area contributed by atoms with Crippen molar-refractivity contribution in [1.29, 1.82) is 0 Å². The minimum atomic E-state index is -4.44. The predicted octanol–water partition coefficient (Wildman–Crippen LogP) is 2.97. The molecule has 1 saturated carbocycles. The molecule has 1 fully saturated rings. The predicted molar refractivity (Wildman–Crippen MR) is 78.2 cm³/mol. The first-order valence-corrected chi connectivity index (χ1v) is 7.53. The highest BCUT2D eigenvalue weighted by Gasteiger charge is 2.42. The molecule has 0 radical (unpaired) electrons. The highest BCUT2D eigenvalue weighted by atomic mass is 19.4. The van der Waals surface area contributed by atoms with Crippen molar-refractivity contribution in [1.82, 2.24) is 5.32 Å². The summed E-state index contributed by atoms with van der Waals surface area (Å²) in [7, 11) is 0. The van der Waals surface area contributed by atoms with E-state index < -0.39 is 24.4 Å². The molecule has 6 heteroatoms. The lowest BCUT2D eigenvalue weighted by Crippen LogP contribution is -2.41. The van der Waals surface area contributed by atoms with Gasteiger partial charge in [-0.2, -0.15) is 13.2 Å². The summed E-state index contributed by atoms with van der Waals surface area (Å²) in [5.41, 5.74) is 5.75. The normalized spacial score (nSPS) is 23.3. The second-order valence-electron chi connectivity index (χ2n) is 5.81. The Hall–Kier alpha value is -1.56. The van der Waals surface area contributed by atoms with Crippen LogP contribution in [0.15, 0.2) is 30.3 Å². The van der Waals surface area contributed by atoms with E-state index >= 15 is 0 Å². The lowest BCUT2D eigenvalue weighted by atomic mass is 9.94. The molecule has 3 N–H and O–H groups in total. The van der Waals surface area contributed by atoms with E-state index in [2.05, 4.69) is 5.32 Å². The Morgan fingerprint density at radius 2 is 1.95 bits per heavy atom. The lowest BCUT2D eigenvalue weighted by molar-refractivity contribution is -0.157. The molecule has 0 saturated heterocycles. The first-order chi connectivity index (χ1) is 10.4. The first-order valence-electron chi connectivity index (χ1n) is 7.53. The number of benzene rings is 1. The molecular weight excluding hydrogens is 293 g/mol. The maximum Gasteiger partial charge on any atom is 0.396 e. The van der Waals surface area contributed by atoms with Crippen molar-refractivity contribution in [3.8, 4) is 0 Å². The standard InChI is InChI=1S/C16H21F3N2O/c17-16(18,19)13(11-5-2-1-3-6-11)9-15(22)21-14-8-4-7-12(14)10-20/h1-3,5-6,12-14H,4,7-10,20H2,(H,21,22). The van der Waals surface area contributed by atoms with Crippen molar-refractivity contribution >= 4 is 5.91 Å². The molecule has 1 aromatic carbocycles. The van der Waals surface area contributed by atoms with E-state index in [4.69, 9.17) is 5.73 Å². The molecule has 3 unspecified atom stereocenters. The third kappa shape index (κ3) is 4.22. The Kier molecular flexibility index (Phi) is 5.45. The number of carbonyl (C=O) groups excluding carboxylic acids is 1. The number of nitrogens with one attached hydrogen (secondary N) is 1. The van der Waals surface area contributed by atoms with E-state index in [9.17, 15) is 18.0 Å². The van der Waals surface area contributed by atoms with Gasteiger partial charge in [-0.25, -0.2) is 0 Å². The number of alkyl halides is 3. The van der Waals surface area contributed by atoms with Crippen LogP contribution in [0.3, 0.4) is 0 Å². The third-order valence-corrected chi connectivity index (χ3v) is 4.29. The Labute approximate surface area is 128 Å². The maximum absolute atomic E-state index is 13.2. The Bertz CT molecular complexity index is 490. The minimum Gasteiger partial charge on any atom is -0.353 e. The molecule has 3 atom stereocenters. The second-order valence-corrected chi connectivity index (χ2v) is 5.81. The molecule has 1 aliphatic rings. The Balaban J connectivity index is 2.03. The number of carbonyl (C=O) groups is 1. The van der Waals surface area contributed by atoms with Crippen LogP contribution in [-0.2, 0) is 4.79 Å². The van der Waals surface area contributed by atoms with E-state index in [1.165, 1.54) is 12.1 Å². The Morgan fingerprint density at radius 1 is 1.27 bits per heavy atom. The van der Waals surface area contributed by atoms with Crippen LogP contribution in [0.2, 0.25) is 0 Å². The maximum atomic E-state index is 13.2. The van der Waals surface area contributed by atoms with E-state index in [0.717, 1.165) is 19.3 Å². The molecule has 1 aliphatic carbocycles. The summed E-state index contributed by atoms with van der Waals surface area (Å²) in [6, 6.07) is 7.47. The summed E-state index contributed by atoms with van der Waals surface area (Å²) in [5.74, 6) is -2.16. The molecule has 0 bridgehead atoms. The highest BCUT2D eigenvalue weighted by molar-refractivity contribution is 5.77. The number of nitrogens with two attached hydrogens (primary N) is 1. The van der Waals surface area contributed by atoms with Gasteiger partial charge in [0.1, 0.15) is 0 Å². The van der Waals surface area contributed by atoms with Gasteiger partial charge < -0.3 is 11.1 Å². The second kappa shape index (κ2) is 7.13. The van der Waals surface area contributed by atoms with Gasteiger partial charge in [-0.05, 0) is 30.9 Å². The molecular formula is C16H21F3N2O. The van der Waals surface area contributed by atoms with Crippen LogP contribution >= 0.6 is 0 Å². The zero-order valence-corrected chi connectivity index (χ0v) is 12.3. The van der Waals surface area contributed by atoms with Crippen molar-refractivity contribution in [2.45, 2.75) is 43.8 Å². The summed E-state index contributed by atoms with van der Waals surface area (Å²) >= 11 is 0. The molecule has 0 aromatic heterocycles. The largest absolute Gasteiger partial charge is 0.396 e. The van der Waals surface area contributed by atoms with E-state index in [-0.39, 0.29) is 17.5 Å². The smallest absolute Gasteiger partial charge is 0.353 e. The van der Waals surface area contributed by atoms with Gasteiger partial charge >= 0.3 is 6.18 Å². The summed E-state index contributed by atoms with van der Waals surface area (Å²) < 4.78 is 39.7. The van der Waals surface area contributed by atoms with Crippen LogP contribution in [0.1, 0.15) is 37.2 Å². The van der Waals surface area contributed by atoms with Gasteiger partial charge in [-0.1, -0.05) is 36.8 Å². The number of halogens is 3. The highest BCUT2D eigenvalue weighted by Crippen LogP contribution is 2.37. The average Bonchev–Trinajstić information content (AvgIpc) is 2.91. The molecule has 0 heterocycles. The first kappa shape index (κ1) is 16.8. The summed E-state index contributed by atoms with van der Waals surface area (Å²) in [4.78, 5) is 12.0. The van der Waals surface area contributed by atoms with E-state index in [0.29, 0.717) is 6.54 Å². The molecule has 0 aliphatic heterocycles. The Morgan fingerprint density at radius 3 is 2.55 bits per heavy atom. The van der Waals surface area contributed by atoms with E-state index in [1.54, 1.807) is 18.2 Å². The van der Waals surface area contributed by atoms with Crippen LogP contribution in [-0.4, -0.2) is 24.7 Å². The molecule has 2 rings (SSSR count). The molecule has 3 nitrogen and oxygen atoms in total. The van der Waals surface area contributed by atoms with Crippen LogP contribution in [0.25, 0.3) is 0 Å². The van der Waals surface area contributed by atoms with Gasteiger partial charge in [0.2, 0.25) is 5.91 Å². The summed E-state index contributed by atoms with van der Waals surface area (Å²) in [6.45, 7) is 0.451. The molecule has 1 aromatic rings. The van der Waals surface area contributed by atoms with E-state index in [1.807, 2.05) is 0 Å². The van der Waals surface area contributed by atoms with Gasteiger partial charge in [-0.15, -0.1) is 0 Å². The van der Waals surface area contributed by atoms with Crippen LogP contribution in [0, 0.1) is 5.92 Å². The van der Waals surface area contributed by atoms with Crippen LogP contribution < -0.4 is 11.1 Å². The molecule has 122 valence electrons. The summed E-state index contributed by atoms with van der Waals surface area (Å²) in [5, 5.41) is 2.73. The number of rotatable bonds is 5. The number of hydrogen-bond acceptors (Lipinski definition) is 2. The van der Waals surface area contributed by atoms with Crippen LogP contribution in [0.4, 0.5) is 13.2 Å². The molecule has 22 heavy (non-hydrogen) atoms. The average molecular weight is 314 g/mol. The topological polar surface area (TPSA) is 55.1 Å². The van der Waals surface area contributed by atoms with Gasteiger partial charge in [0.25, 0.3) is 0 Å². The van der Waals surface area contributed by atoms with Gasteiger partial charge in [0.05, 0.1) is 5.92 Å².